The number of hydrogen-bond acceptors (Lipinski definition) is 3. The number of hydrogen-bond donors (Lipinski definition) is 2. The number of benzene rings is 1. The Kier molecular flexibility index (Phi) is 6.97. The zero-order chi connectivity index (χ0) is 20.1. The average Bonchev–Trinajstić information content (AvgIpc) is 3.47. The first-order valence-corrected chi connectivity index (χ1v) is 10.3. The number of anilines is 1. The van der Waals surface area contributed by atoms with E-state index in [1.165, 1.54) is 12.1 Å². The van der Waals surface area contributed by atoms with Crippen LogP contribution in [0.25, 0.3) is 0 Å². The number of allylic oxidation sites excluding steroid dienone is 2. The maximum absolute atomic E-state index is 12.9. The fourth-order valence-electron chi connectivity index (χ4n) is 3.62. The standard InChI is InChI=1S/C21H28ClN3O3/c1-24(13-20(26)23-18-12-15(22)8-11-19(18)28-2)14-21(27)25(17-9-10-17)16-6-4-3-5-7-16/h6,8,11-12,17H,3-5,7,9-10,13-14H2,1-2H3,(H,23,26)/p+1. The molecule has 2 aliphatic carbocycles. The number of carbonyl (C=O) groups is 2. The Morgan fingerprint density at radius 2 is 2.07 bits per heavy atom. The van der Waals surface area contributed by atoms with Crippen LogP contribution in [0.4, 0.5) is 5.69 Å². The number of likely N-dealkylation sites (N-methyl/N-ethyl adjacent to an activating group) is 1. The van der Waals surface area contributed by atoms with Crippen molar-refractivity contribution in [2.45, 2.75) is 44.6 Å². The number of nitrogens with zero attached hydrogens (tertiary/aromatic N) is 1. The van der Waals surface area contributed by atoms with Crippen molar-refractivity contribution < 1.29 is 19.2 Å². The van der Waals surface area contributed by atoms with Gasteiger partial charge in [0.05, 0.1) is 19.8 Å². The van der Waals surface area contributed by atoms with Crippen molar-refractivity contribution in [1.29, 1.82) is 0 Å². The molecule has 0 bridgehead atoms. The molecule has 6 nitrogen and oxygen atoms in total. The summed E-state index contributed by atoms with van der Waals surface area (Å²) in [7, 11) is 3.41. The largest absolute Gasteiger partial charge is 0.495 e. The molecule has 2 N–H and O–H groups in total. The minimum atomic E-state index is -0.180. The molecule has 0 saturated heterocycles. The van der Waals surface area contributed by atoms with E-state index in [1.807, 2.05) is 11.9 Å². The minimum absolute atomic E-state index is 0.112. The molecule has 0 spiro atoms. The first-order chi connectivity index (χ1) is 13.5. The fourth-order valence-corrected chi connectivity index (χ4v) is 3.80. The first-order valence-electron chi connectivity index (χ1n) is 9.93. The summed E-state index contributed by atoms with van der Waals surface area (Å²) in [6.45, 7) is 0.493. The SMILES string of the molecule is COc1ccc(Cl)cc1NC(=O)C[NH+](C)CC(=O)N(C1=CCCCC1)C1CC1. The lowest BCUT2D eigenvalue weighted by atomic mass is 10.0. The Balaban J connectivity index is 1.56. The molecule has 2 aliphatic rings. The molecule has 1 aromatic rings. The van der Waals surface area contributed by atoms with Crippen molar-refractivity contribution in [2.75, 3.05) is 32.6 Å². The minimum Gasteiger partial charge on any atom is -0.495 e. The second-order valence-electron chi connectivity index (χ2n) is 7.64. The van der Waals surface area contributed by atoms with Gasteiger partial charge in [-0.2, -0.15) is 0 Å². The molecule has 0 radical (unpaired) electrons. The summed E-state index contributed by atoms with van der Waals surface area (Å²) in [5.74, 6) is 0.484. The van der Waals surface area contributed by atoms with Gasteiger partial charge in [0.15, 0.2) is 13.1 Å². The summed E-state index contributed by atoms with van der Waals surface area (Å²) >= 11 is 6.01. The Labute approximate surface area is 171 Å². The zero-order valence-electron chi connectivity index (χ0n) is 16.6. The predicted octanol–water partition coefficient (Wildman–Crippen LogP) is 2.25. The molecule has 28 heavy (non-hydrogen) atoms. The van der Waals surface area contributed by atoms with Gasteiger partial charge in [0.2, 0.25) is 0 Å². The highest BCUT2D eigenvalue weighted by Crippen LogP contribution is 2.33. The van der Waals surface area contributed by atoms with Crippen LogP contribution in [-0.4, -0.2) is 50.0 Å². The molecule has 152 valence electrons. The maximum Gasteiger partial charge on any atom is 0.282 e. The molecule has 3 rings (SSSR count). The maximum atomic E-state index is 12.9. The van der Waals surface area contributed by atoms with Crippen LogP contribution in [-0.2, 0) is 9.59 Å². The monoisotopic (exact) mass is 406 g/mol. The predicted molar refractivity (Wildman–Crippen MR) is 110 cm³/mol. The summed E-state index contributed by atoms with van der Waals surface area (Å²) in [6, 6.07) is 5.43. The van der Waals surface area contributed by atoms with E-state index in [0.717, 1.165) is 37.0 Å². The molecule has 0 aliphatic heterocycles. The van der Waals surface area contributed by atoms with Crippen LogP contribution in [0.1, 0.15) is 38.5 Å². The highest BCUT2D eigenvalue weighted by atomic mass is 35.5. The van der Waals surface area contributed by atoms with Crippen LogP contribution >= 0.6 is 11.6 Å². The van der Waals surface area contributed by atoms with Crippen molar-refractivity contribution in [3.63, 3.8) is 0 Å². The van der Waals surface area contributed by atoms with Gasteiger partial charge in [0.25, 0.3) is 11.8 Å². The third-order valence-electron chi connectivity index (χ3n) is 5.11. The van der Waals surface area contributed by atoms with Crippen LogP contribution < -0.4 is 15.0 Å². The number of rotatable bonds is 8. The summed E-state index contributed by atoms with van der Waals surface area (Å²) in [6.07, 6.45) is 8.76. The highest BCUT2D eigenvalue weighted by molar-refractivity contribution is 6.31. The summed E-state index contributed by atoms with van der Waals surface area (Å²) in [4.78, 5) is 28.2. The van der Waals surface area contributed by atoms with Gasteiger partial charge in [-0.25, -0.2) is 0 Å². The Morgan fingerprint density at radius 1 is 1.29 bits per heavy atom. The van der Waals surface area contributed by atoms with Crippen LogP contribution in [0.3, 0.4) is 0 Å². The number of nitrogens with one attached hydrogen (secondary N) is 2. The number of quaternary nitrogens is 1. The van der Waals surface area contributed by atoms with E-state index in [9.17, 15) is 9.59 Å². The third-order valence-corrected chi connectivity index (χ3v) is 5.34. The third kappa shape index (κ3) is 5.49. The molecule has 1 saturated carbocycles. The number of halogens is 1. The molecular weight excluding hydrogens is 378 g/mol. The lowest BCUT2D eigenvalue weighted by molar-refractivity contribution is -0.862. The summed E-state index contributed by atoms with van der Waals surface area (Å²) in [5, 5.41) is 3.35. The van der Waals surface area contributed by atoms with E-state index in [0.29, 0.717) is 29.0 Å². The van der Waals surface area contributed by atoms with Gasteiger partial charge >= 0.3 is 0 Å². The van der Waals surface area contributed by atoms with E-state index in [4.69, 9.17) is 16.3 Å². The van der Waals surface area contributed by atoms with E-state index >= 15 is 0 Å². The average molecular weight is 407 g/mol. The molecule has 0 aromatic heterocycles. The Bertz CT molecular complexity index is 761. The molecule has 1 aromatic carbocycles. The second kappa shape index (κ2) is 9.43. The number of ether oxygens (including phenoxy) is 1. The van der Waals surface area contributed by atoms with Crippen LogP contribution in [0, 0.1) is 0 Å². The molecule has 7 heteroatoms. The van der Waals surface area contributed by atoms with Gasteiger partial charge in [-0.15, -0.1) is 0 Å². The molecule has 1 atom stereocenters. The van der Waals surface area contributed by atoms with Crippen LogP contribution in [0.15, 0.2) is 30.0 Å². The van der Waals surface area contributed by atoms with Crippen molar-refractivity contribution in [3.8, 4) is 5.75 Å². The summed E-state index contributed by atoms with van der Waals surface area (Å²) < 4.78 is 5.26. The van der Waals surface area contributed by atoms with Gasteiger partial charge in [0.1, 0.15) is 5.75 Å². The first kappa shape index (κ1) is 20.7. The highest BCUT2D eigenvalue weighted by Gasteiger charge is 2.36. The lowest BCUT2D eigenvalue weighted by Gasteiger charge is -2.28. The number of carbonyl (C=O) groups excluding carboxylic acids is 2. The van der Waals surface area contributed by atoms with Gasteiger partial charge < -0.3 is 19.9 Å². The number of amides is 2. The van der Waals surface area contributed by atoms with E-state index in [2.05, 4.69) is 11.4 Å². The van der Waals surface area contributed by atoms with Crippen molar-refractivity contribution >= 4 is 29.1 Å². The normalized spacial score (nSPS) is 17.5. The molecule has 2 amide bonds. The van der Waals surface area contributed by atoms with Crippen molar-refractivity contribution in [1.82, 2.24) is 4.90 Å². The number of methoxy groups -OCH3 is 1. The van der Waals surface area contributed by atoms with Crippen LogP contribution in [0.5, 0.6) is 5.75 Å². The molecule has 0 heterocycles. The van der Waals surface area contributed by atoms with Gasteiger partial charge in [-0.05, 0) is 56.7 Å². The van der Waals surface area contributed by atoms with Crippen molar-refractivity contribution in [3.05, 3.63) is 35.0 Å². The zero-order valence-corrected chi connectivity index (χ0v) is 17.3. The molecular formula is C21H29ClN3O3+. The lowest BCUT2D eigenvalue weighted by Crippen LogP contribution is -3.11. The van der Waals surface area contributed by atoms with E-state index in [1.54, 1.807) is 25.3 Å². The molecule has 1 fully saturated rings. The molecule has 1 unspecified atom stereocenters. The van der Waals surface area contributed by atoms with Crippen LogP contribution in [0.2, 0.25) is 5.02 Å². The van der Waals surface area contributed by atoms with Crippen molar-refractivity contribution in [2.24, 2.45) is 0 Å². The summed E-state index contributed by atoms with van der Waals surface area (Å²) in [5.41, 5.74) is 1.71. The fraction of sp³-hybridized carbons (Fsp3) is 0.524. The van der Waals surface area contributed by atoms with E-state index in [-0.39, 0.29) is 18.4 Å². The quantitative estimate of drug-likeness (QED) is 0.696. The van der Waals surface area contributed by atoms with Gasteiger partial charge in [-0.1, -0.05) is 17.7 Å². The topological polar surface area (TPSA) is 63.1 Å². The smallest absolute Gasteiger partial charge is 0.282 e. The second-order valence-corrected chi connectivity index (χ2v) is 8.08. The Morgan fingerprint density at radius 3 is 2.71 bits per heavy atom. The van der Waals surface area contributed by atoms with Gasteiger partial charge in [0, 0.05) is 16.8 Å². The van der Waals surface area contributed by atoms with E-state index < -0.39 is 0 Å². The Hall–Kier alpha value is -2.05. The van der Waals surface area contributed by atoms with Gasteiger partial charge in [-0.3, -0.25) is 9.59 Å².